The highest BCUT2D eigenvalue weighted by atomic mass is 15.1. The van der Waals surface area contributed by atoms with Crippen LogP contribution < -0.4 is 4.90 Å². The van der Waals surface area contributed by atoms with Gasteiger partial charge in [-0.15, -0.1) is 0 Å². The zero-order valence-electron chi connectivity index (χ0n) is 34.7. The Labute approximate surface area is 350 Å². The summed E-state index contributed by atoms with van der Waals surface area (Å²) in [5.41, 5.74) is 22.1. The molecular formula is C58H51N. The number of benzene rings is 7. The smallest absolute Gasteiger partial charge is 0.0676 e. The molecule has 288 valence electrons. The van der Waals surface area contributed by atoms with E-state index in [2.05, 4.69) is 221 Å². The summed E-state index contributed by atoms with van der Waals surface area (Å²) < 4.78 is 0. The van der Waals surface area contributed by atoms with Crippen LogP contribution >= 0.6 is 0 Å². The highest BCUT2D eigenvalue weighted by Gasteiger charge is 2.47. The molecule has 0 fully saturated rings. The Bertz CT molecular complexity index is 2810. The molecule has 0 spiro atoms. The van der Waals surface area contributed by atoms with Crippen molar-refractivity contribution in [3.8, 4) is 22.3 Å². The lowest BCUT2D eigenvalue weighted by atomic mass is 9.65. The predicted molar refractivity (Wildman–Crippen MR) is 251 cm³/mol. The maximum Gasteiger partial charge on any atom is 0.0676 e. The van der Waals surface area contributed by atoms with Gasteiger partial charge in [0.25, 0.3) is 0 Å². The van der Waals surface area contributed by atoms with Gasteiger partial charge in [0, 0.05) is 22.5 Å². The van der Waals surface area contributed by atoms with Crippen molar-refractivity contribution in [3.05, 3.63) is 232 Å². The molecule has 0 saturated heterocycles. The Kier molecular flexibility index (Phi) is 9.21. The Balaban J connectivity index is 1.07. The van der Waals surface area contributed by atoms with Gasteiger partial charge in [-0.05, 0) is 137 Å². The van der Waals surface area contributed by atoms with Crippen LogP contribution in [0.4, 0.5) is 17.1 Å². The number of hydrogen-bond donors (Lipinski definition) is 0. The van der Waals surface area contributed by atoms with Crippen LogP contribution in [0.2, 0.25) is 0 Å². The summed E-state index contributed by atoms with van der Waals surface area (Å²) in [7, 11) is 0. The number of fused-ring (bicyclic) bond motifs is 6. The standard InChI is InChI=1S/C58H51N/c1-5-57(6-2)53-38-42(31-34-48(53)49-35-33-47(39-54(49)57)59(46-24-14-9-15-25-46)55-36-29-40(3)37-41(55)4)30-32-43-19-18-28-52-56(43)50-26-16-17-27-51(50)58(52,44-20-10-7-11-21-44)45-22-12-8-13-23-45/h7-12,14-22,24-39H,5-6,13,23H2,1-4H3/b32-30+. The number of allylic oxidation sites excluding steroid dienone is 4. The van der Waals surface area contributed by atoms with Crippen LogP contribution in [-0.2, 0) is 10.8 Å². The number of para-hydroxylation sites is 1. The fourth-order valence-corrected chi connectivity index (χ4v) is 10.9. The number of hydrogen-bond acceptors (Lipinski definition) is 1. The van der Waals surface area contributed by atoms with Gasteiger partial charge in [-0.1, -0.05) is 183 Å². The van der Waals surface area contributed by atoms with Crippen LogP contribution in [0.15, 0.2) is 182 Å². The summed E-state index contributed by atoms with van der Waals surface area (Å²) in [6, 6.07) is 59.3. The van der Waals surface area contributed by atoms with E-state index >= 15 is 0 Å². The molecule has 59 heavy (non-hydrogen) atoms. The minimum Gasteiger partial charge on any atom is -0.310 e. The first-order valence-corrected chi connectivity index (χ1v) is 21.5. The second-order valence-electron chi connectivity index (χ2n) is 16.7. The highest BCUT2D eigenvalue weighted by molar-refractivity contribution is 5.93. The van der Waals surface area contributed by atoms with Crippen molar-refractivity contribution in [2.75, 3.05) is 4.90 Å². The lowest BCUT2D eigenvalue weighted by Gasteiger charge is -2.36. The molecule has 7 aromatic carbocycles. The van der Waals surface area contributed by atoms with Crippen molar-refractivity contribution in [1.82, 2.24) is 0 Å². The summed E-state index contributed by atoms with van der Waals surface area (Å²) >= 11 is 0. The number of rotatable bonds is 9. The Morgan fingerprint density at radius 2 is 1.29 bits per heavy atom. The summed E-state index contributed by atoms with van der Waals surface area (Å²) in [6.45, 7) is 9.15. The number of anilines is 3. The molecular weight excluding hydrogens is 711 g/mol. The van der Waals surface area contributed by atoms with E-state index in [1.54, 1.807) is 0 Å². The molecule has 10 rings (SSSR count). The van der Waals surface area contributed by atoms with Crippen LogP contribution in [0.5, 0.6) is 0 Å². The van der Waals surface area contributed by atoms with Crippen molar-refractivity contribution < 1.29 is 0 Å². The van der Waals surface area contributed by atoms with Crippen LogP contribution in [0.25, 0.3) is 34.4 Å². The molecule has 0 bridgehead atoms. The van der Waals surface area contributed by atoms with Gasteiger partial charge in [-0.3, -0.25) is 0 Å². The first-order chi connectivity index (χ1) is 29.0. The van der Waals surface area contributed by atoms with Crippen molar-refractivity contribution in [2.24, 2.45) is 0 Å². The van der Waals surface area contributed by atoms with Gasteiger partial charge >= 0.3 is 0 Å². The lowest BCUT2D eigenvalue weighted by Crippen LogP contribution is -2.30. The van der Waals surface area contributed by atoms with E-state index < -0.39 is 0 Å². The van der Waals surface area contributed by atoms with Crippen LogP contribution in [0, 0.1) is 13.8 Å². The zero-order valence-corrected chi connectivity index (χ0v) is 34.7. The molecule has 0 aromatic heterocycles. The van der Waals surface area contributed by atoms with E-state index in [9.17, 15) is 0 Å². The molecule has 0 amide bonds. The van der Waals surface area contributed by atoms with E-state index in [-0.39, 0.29) is 10.8 Å². The molecule has 0 heterocycles. The molecule has 0 aliphatic heterocycles. The highest BCUT2D eigenvalue weighted by Crippen LogP contribution is 2.59. The molecule has 1 unspecified atom stereocenters. The van der Waals surface area contributed by atoms with E-state index in [0.29, 0.717) is 0 Å². The average Bonchev–Trinajstić information content (AvgIpc) is 3.75. The van der Waals surface area contributed by atoms with Gasteiger partial charge in [-0.2, -0.15) is 0 Å². The molecule has 0 N–H and O–H groups in total. The van der Waals surface area contributed by atoms with E-state index in [4.69, 9.17) is 0 Å². The Morgan fingerprint density at radius 1 is 0.576 bits per heavy atom. The second kappa shape index (κ2) is 14.7. The maximum atomic E-state index is 2.49. The van der Waals surface area contributed by atoms with Crippen LogP contribution in [0.3, 0.4) is 0 Å². The predicted octanol–water partition coefficient (Wildman–Crippen LogP) is 15.6. The van der Waals surface area contributed by atoms with Crippen molar-refractivity contribution in [2.45, 2.75) is 64.2 Å². The molecule has 0 saturated carbocycles. The van der Waals surface area contributed by atoms with Crippen molar-refractivity contribution >= 4 is 29.2 Å². The van der Waals surface area contributed by atoms with Gasteiger partial charge in [0.2, 0.25) is 0 Å². The normalized spacial score (nSPS) is 17.0. The minimum atomic E-state index is -0.323. The Hall–Kier alpha value is -6.44. The molecule has 3 aliphatic rings. The first-order valence-electron chi connectivity index (χ1n) is 21.5. The van der Waals surface area contributed by atoms with Gasteiger partial charge in [0.1, 0.15) is 0 Å². The SMILES string of the molecule is CCC1(CC)c2cc(/C=C/c3cccc4c3-c3ccccc3C4(C3=CC=CCC3)c3ccccc3)ccc2-c2ccc(N(c3ccccc3)c3ccc(C)cc3C)cc21. The summed E-state index contributed by atoms with van der Waals surface area (Å²) in [5.74, 6) is 0. The molecule has 1 nitrogen and oxygen atoms in total. The molecule has 7 aromatic rings. The lowest BCUT2D eigenvalue weighted by molar-refractivity contribution is 0.490. The van der Waals surface area contributed by atoms with Crippen LogP contribution in [0.1, 0.15) is 89.6 Å². The van der Waals surface area contributed by atoms with Gasteiger partial charge in [-0.25, -0.2) is 0 Å². The minimum absolute atomic E-state index is 0.0837. The molecule has 1 heteroatoms. The second-order valence-corrected chi connectivity index (χ2v) is 16.7. The van der Waals surface area contributed by atoms with Crippen molar-refractivity contribution in [3.63, 3.8) is 0 Å². The first kappa shape index (κ1) is 36.9. The molecule has 1 atom stereocenters. The third-order valence-corrected chi connectivity index (χ3v) is 13.7. The maximum absolute atomic E-state index is 2.49. The summed E-state index contributed by atoms with van der Waals surface area (Å²) in [6.07, 6.45) is 15.8. The summed E-state index contributed by atoms with van der Waals surface area (Å²) in [5, 5.41) is 0. The molecule has 0 radical (unpaired) electrons. The fourth-order valence-electron chi connectivity index (χ4n) is 10.9. The topological polar surface area (TPSA) is 3.24 Å². The van der Waals surface area contributed by atoms with Gasteiger partial charge < -0.3 is 4.90 Å². The van der Waals surface area contributed by atoms with Crippen LogP contribution in [-0.4, -0.2) is 0 Å². The summed E-state index contributed by atoms with van der Waals surface area (Å²) in [4.78, 5) is 2.44. The number of nitrogens with zero attached hydrogens (tertiary/aromatic N) is 1. The van der Waals surface area contributed by atoms with E-state index in [1.165, 1.54) is 95.0 Å². The van der Waals surface area contributed by atoms with Gasteiger partial charge in [0.05, 0.1) is 5.41 Å². The van der Waals surface area contributed by atoms with Gasteiger partial charge in [0.15, 0.2) is 0 Å². The van der Waals surface area contributed by atoms with E-state index in [1.807, 2.05) is 0 Å². The third-order valence-electron chi connectivity index (χ3n) is 13.7. The molecule has 3 aliphatic carbocycles. The van der Waals surface area contributed by atoms with Crippen molar-refractivity contribution in [1.29, 1.82) is 0 Å². The van der Waals surface area contributed by atoms with E-state index in [0.717, 1.165) is 25.7 Å². The largest absolute Gasteiger partial charge is 0.310 e. The number of aryl methyl sites for hydroxylation is 2. The third kappa shape index (κ3) is 5.74. The quantitative estimate of drug-likeness (QED) is 0.132. The average molecular weight is 762 g/mol. The monoisotopic (exact) mass is 761 g/mol. The Morgan fingerprint density at radius 3 is 2.03 bits per heavy atom. The zero-order chi connectivity index (χ0) is 40.1. The fraction of sp³-hybridized carbons (Fsp3) is 0.172.